The second-order valence-corrected chi connectivity index (χ2v) is 4.51. The molecule has 0 aliphatic rings. The molecular weight excluding hydrogens is 236 g/mol. The van der Waals surface area contributed by atoms with Crippen LogP contribution in [0.4, 0.5) is 0 Å². The highest BCUT2D eigenvalue weighted by atomic mass is 16.1. The molecule has 2 rings (SSSR count). The molecular formula is C16H18N2O. The van der Waals surface area contributed by atoms with Crippen LogP contribution in [-0.2, 0) is 6.42 Å². The third kappa shape index (κ3) is 3.41. The summed E-state index contributed by atoms with van der Waals surface area (Å²) in [4.78, 5) is 16.0. The van der Waals surface area contributed by atoms with Crippen LogP contribution in [0.15, 0.2) is 48.7 Å². The number of benzene rings is 1. The molecule has 1 aromatic carbocycles. The van der Waals surface area contributed by atoms with Crippen molar-refractivity contribution in [3.8, 4) is 0 Å². The molecule has 1 aromatic heterocycles. The average Bonchev–Trinajstić information content (AvgIpc) is 2.48. The van der Waals surface area contributed by atoms with Crippen LogP contribution >= 0.6 is 0 Å². The van der Waals surface area contributed by atoms with E-state index in [0.29, 0.717) is 5.69 Å². The predicted molar refractivity (Wildman–Crippen MR) is 75.9 cm³/mol. The third-order valence-corrected chi connectivity index (χ3v) is 3.13. The Morgan fingerprint density at radius 1 is 1.21 bits per heavy atom. The second kappa shape index (κ2) is 6.14. The highest BCUT2D eigenvalue weighted by Gasteiger charge is 2.11. The molecule has 2 aromatic rings. The lowest BCUT2D eigenvalue weighted by Crippen LogP contribution is -2.27. The lowest BCUT2D eigenvalue weighted by atomic mass is 10.0. The summed E-state index contributed by atoms with van der Waals surface area (Å²) in [7, 11) is 0. The molecule has 0 aliphatic heterocycles. The number of carbonyl (C=O) groups excluding carboxylic acids is 1. The first-order valence-corrected chi connectivity index (χ1v) is 6.51. The lowest BCUT2D eigenvalue weighted by molar-refractivity contribution is 0.0935. The largest absolute Gasteiger partial charge is 0.344 e. The normalized spacial score (nSPS) is 11.9. The molecule has 0 saturated heterocycles. The fourth-order valence-corrected chi connectivity index (χ4v) is 1.89. The first-order valence-electron chi connectivity index (χ1n) is 6.51. The van der Waals surface area contributed by atoms with Gasteiger partial charge in [-0.25, -0.2) is 0 Å². The van der Waals surface area contributed by atoms with E-state index in [-0.39, 0.29) is 11.9 Å². The Morgan fingerprint density at radius 3 is 2.53 bits per heavy atom. The van der Waals surface area contributed by atoms with Gasteiger partial charge in [-0.3, -0.25) is 9.78 Å². The molecule has 0 radical (unpaired) electrons. The summed E-state index contributed by atoms with van der Waals surface area (Å²) in [5, 5.41) is 2.95. The summed E-state index contributed by atoms with van der Waals surface area (Å²) in [5.41, 5.74) is 2.84. The minimum atomic E-state index is -0.146. The Hall–Kier alpha value is -2.16. The number of hydrogen-bond acceptors (Lipinski definition) is 2. The summed E-state index contributed by atoms with van der Waals surface area (Å²) in [6.45, 7) is 4.10. The van der Waals surface area contributed by atoms with Gasteiger partial charge in [0, 0.05) is 6.20 Å². The van der Waals surface area contributed by atoms with Crippen molar-refractivity contribution in [2.75, 3.05) is 0 Å². The molecule has 0 saturated carbocycles. The van der Waals surface area contributed by atoms with E-state index in [2.05, 4.69) is 41.5 Å². The van der Waals surface area contributed by atoms with Crippen molar-refractivity contribution in [1.82, 2.24) is 10.3 Å². The van der Waals surface area contributed by atoms with Crippen molar-refractivity contribution < 1.29 is 4.79 Å². The quantitative estimate of drug-likeness (QED) is 0.910. The van der Waals surface area contributed by atoms with E-state index in [0.717, 1.165) is 12.0 Å². The Labute approximate surface area is 113 Å². The van der Waals surface area contributed by atoms with E-state index in [1.54, 1.807) is 18.3 Å². The Bertz CT molecular complexity index is 534. The van der Waals surface area contributed by atoms with Gasteiger partial charge in [0.05, 0.1) is 6.04 Å². The van der Waals surface area contributed by atoms with Crippen molar-refractivity contribution in [2.45, 2.75) is 26.3 Å². The number of pyridine rings is 1. The Morgan fingerprint density at radius 2 is 1.95 bits per heavy atom. The van der Waals surface area contributed by atoms with E-state index >= 15 is 0 Å². The van der Waals surface area contributed by atoms with Crippen LogP contribution in [0.2, 0.25) is 0 Å². The fourth-order valence-electron chi connectivity index (χ4n) is 1.89. The second-order valence-electron chi connectivity index (χ2n) is 4.51. The molecule has 3 heteroatoms. The van der Waals surface area contributed by atoms with Crippen LogP contribution in [0.3, 0.4) is 0 Å². The highest BCUT2D eigenvalue weighted by Crippen LogP contribution is 2.14. The minimum Gasteiger partial charge on any atom is -0.344 e. The van der Waals surface area contributed by atoms with Gasteiger partial charge in [-0.1, -0.05) is 37.3 Å². The molecule has 1 N–H and O–H groups in total. The fraction of sp³-hybridized carbons (Fsp3) is 0.250. The van der Waals surface area contributed by atoms with Crippen molar-refractivity contribution in [3.05, 3.63) is 65.5 Å². The maximum Gasteiger partial charge on any atom is 0.270 e. The maximum atomic E-state index is 12.0. The number of hydrogen-bond donors (Lipinski definition) is 1. The summed E-state index contributed by atoms with van der Waals surface area (Å²) >= 11 is 0. The Kier molecular flexibility index (Phi) is 4.29. The first-order chi connectivity index (χ1) is 9.20. The van der Waals surface area contributed by atoms with Gasteiger partial charge in [-0.05, 0) is 36.6 Å². The first kappa shape index (κ1) is 13.3. The zero-order valence-electron chi connectivity index (χ0n) is 11.3. The van der Waals surface area contributed by atoms with E-state index in [1.165, 1.54) is 5.56 Å². The molecule has 0 unspecified atom stereocenters. The minimum absolute atomic E-state index is 0.0274. The van der Waals surface area contributed by atoms with Gasteiger partial charge in [-0.15, -0.1) is 0 Å². The SMILES string of the molecule is CCc1ccc([C@@H](C)NC(=O)c2ccccn2)cc1. The number of carbonyl (C=O) groups is 1. The van der Waals surface area contributed by atoms with E-state index in [4.69, 9.17) is 0 Å². The molecule has 19 heavy (non-hydrogen) atoms. The molecule has 0 spiro atoms. The zero-order chi connectivity index (χ0) is 13.7. The molecule has 1 amide bonds. The van der Waals surface area contributed by atoms with Crippen LogP contribution in [-0.4, -0.2) is 10.9 Å². The molecule has 0 aliphatic carbocycles. The van der Waals surface area contributed by atoms with Crippen LogP contribution in [0.5, 0.6) is 0 Å². The summed E-state index contributed by atoms with van der Waals surface area (Å²) in [5.74, 6) is -0.146. The van der Waals surface area contributed by atoms with Crippen LogP contribution in [0, 0.1) is 0 Å². The third-order valence-electron chi connectivity index (χ3n) is 3.13. The molecule has 1 atom stereocenters. The number of nitrogens with zero attached hydrogens (tertiary/aromatic N) is 1. The zero-order valence-corrected chi connectivity index (χ0v) is 11.3. The van der Waals surface area contributed by atoms with E-state index < -0.39 is 0 Å². The van der Waals surface area contributed by atoms with Gasteiger partial charge in [0.1, 0.15) is 5.69 Å². The van der Waals surface area contributed by atoms with Crippen LogP contribution < -0.4 is 5.32 Å². The van der Waals surface area contributed by atoms with Gasteiger partial charge in [0.15, 0.2) is 0 Å². The van der Waals surface area contributed by atoms with Gasteiger partial charge in [-0.2, -0.15) is 0 Å². The summed E-state index contributed by atoms with van der Waals surface area (Å²) < 4.78 is 0. The number of nitrogens with one attached hydrogen (secondary N) is 1. The van der Waals surface area contributed by atoms with Crippen molar-refractivity contribution in [2.24, 2.45) is 0 Å². The summed E-state index contributed by atoms with van der Waals surface area (Å²) in [6.07, 6.45) is 2.64. The topological polar surface area (TPSA) is 42.0 Å². The number of aromatic nitrogens is 1. The van der Waals surface area contributed by atoms with E-state index in [1.807, 2.05) is 13.0 Å². The van der Waals surface area contributed by atoms with Gasteiger partial charge in [0.25, 0.3) is 5.91 Å². The highest BCUT2D eigenvalue weighted by molar-refractivity contribution is 5.92. The molecule has 98 valence electrons. The maximum absolute atomic E-state index is 12.0. The van der Waals surface area contributed by atoms with Gasteiger partial charge >= 0.3 is 0 Å². The molecule has 3 nitrogen and oxygen atoms in total. The number of rotatable bonds is 4. The summed E-state index contributed by atoms with van der Waals surface area (Å²) in [6, 6.07) is 13.6. The standard InChI is InChI=1S/C16H18N2O/c1-3-13-7-9-14(10-8-13)12(2)18-16(19)15-6-4-5-11-17-15/h4-12H,3H2,1-2H3,(H,18,19)/t12-/m1/s1. The van der Waals surface area contributed by atoms with Crippen molar-refractivity contribution in [1.29, 1.82) is 0 Å². The number of amides is 1. The predicted octanol–water partition coefficient (Wildman–Crippen LogP) is 3.14. The smallest absolute Gasteiger partial charge is 0.270 e. The number of aryl methyl sites for hydroxylation is 1. The van der Waals surface area contributed by atoms with Gasteiger partial charge in [0.2, 0.25) is 0 Å². The lowest BCUT2D eigenvalue weighted by Gasteiger charge is -2.14. The monoisotopic (exact) mass is 254 g/mol. The van der Waals surface area contributed by atoms with Crippen LogP contribution in [0.1, 0.15) is 41.5 Å². The molecule has 0 fully saturated rings. The van der Waals surface area contributed by atoms with Gasteiger partial charge < -0.3 is 5.32 Å². The van der Waals surface area contributed by atoms with E-state index in [9.17, 15) is 4.79 Å². The molecule has 0 bridgehead atoms. The van der Waals surface area contributed by atoms with Crippen molar-refractivity contribution in [3.63, 3.8) is 0 Å². The molecule has 1 heterocycles. The average molecular weight is 254 g/mol. The van der Waals surface area contributed by atoms with Crippen molar-refractivity contribution >= 4 is 5.91 Å². The van der Waals surface area contributed by atoms with Crippen LogP contribution in [0.25, 0.3) is 0 Å². The Balaban J connectivity index is 2.04.